The number of nitrogens with zero attached hydrogens (tertiary/aromatic N) is 1. The van der Waals surface area contributed by atoms with E-state index in [1.807, 2.05) is 0 Å². The lowest BCUT2D eigenvalue weighted by Crippen LogP contribution is -2.17. The summed E-state index contributed by atoms with van der Waals surface area (Å²) in [6.07, 6.45) is 9.47. The summed E-state index contributed by atoms with van der Waals surface area (Å²) < 4.78 is 0. The summed E-state index contributed by atoms with van der Waals surface area (Å²) in [5.74, 6) is 1.18. The number of unbranched alkanes of at least 4 members (excludes halogenated alkanes) is 4. The molecule has 0 saturated heterocycles. The van der Waals surface area contributed by atoms with Crippen molar-refractivity contribution < 1.29 is 5.21 Å². The second-order valence-corrected chi connectivity index (χ2v) is 5.40. The minimum atomic E-state index is 0.333. The lowest BCUT2D eigenvalue weighted by atomic mass is 10.0. The Hall–Kier alpha value is -0.770. The first-order valence-electron chi connectivity index (χ1n) is 7.34. The van der Waals surface area contributed by atoms with Gasteiger partial charge in [-0.1, -0.05) is 44.7 Å². The van der Waals surface area contributed by atoms with Gasteiger partial charge in [-0.15, -0.1) is 0 Å². The molecule has 0 aliphatic rings. The molecule has 0 aliphatic heterocycles. The van der Waals surface area contributed by atoms with Crippen molar-refractivity contribution in [1.29, 1.82) is 0 Å². The normalized spacial score (nSPS) is 12.3. The highest BCUT2D eigenvalue weighted by atomic mass is 16.4. The van der Waals surface area contributed by atoms with Crippen LogP contribution in [0.3, 0.4) is 0 Å². The zero-order valence-electron chi connectivity index (χ0n) is 12.1. The van der Waals surface area contributed by atoms with Gasteiger partial charge >= 0.3 is 0 Å². The molecule has 0 aromatic rings. The van der Waals surface area contributed by atoms with Crippen molar-refractivity contribution in [3.8, 4) is 0 Å². The third-order valence-corrected chi connectivity index (χ3v) is 3.05. The van der Waals surface area contributed by atoms with E-state index in [0.29, 0.717) is 12.3 Å². The van der Waals surface area contributed by atoms with Crippen LogP contribution in [0.25, 0.3) is 0 Å². The van der Waals surface area contributed by atoms with Gasteiger partial charge in [-0.25, -0.2) is 0 Å². The third kappa shape index (κ3) is 13.3. The van der Waals surface area contributed by atoms with Crippen molar-refractivity contribution in [3.63, 3.8) is 0 Å². The molecular formula is C14H31N3O. The predicted octanol–water partition coefficient (Wildman–Crippen LogP) is 3.10. The van der Waals surface area contributed by atoms with E-state index in [9.17, 15) is 0 Å². The fourth-order valence-electron chi connectivity index (χ4n) is 1.89. The molecule has 108 valence electrons. The topological polar surface area (TPSA) is 70.6 Å². The molecule has 4 nitrogen and oxygen atoms in total. The van der Waals surface area contributed by atoms with E-state index >= 15 is 0 Å². The fraction of sp³-hybridized carbons (Fsp3) is 0.929. The van der Waals surface area contributed by atoms with Crippen molar-refractivity contribution in [2.45, 2.75) is 65.2 Å². The van der Waals surface area contributed by atoms with Crippen LogP contribution in [0.1, 0.15) is 65.2 Å². The Kier molecular flexibility index (Phi) is 12.1. The predicted molar refractivity (Wildman–Crippen MR) is 78.1 cm³/mol. The second kappa shape index (κ2) is 12.7. The third-order valence-electron chi connectivity index (χ3n) is 3.05. The lowest BCUT2D eigenvalue weighted by molar-refractivity contribution is 0.316. The number of nitrogens with two attached hydrogens (primary N) is 1. The van der Waals surface area contributed by atoms with Crippen molar-refractivity contribution >= 4 is 5.84 Å². The minimum Gasteiger partial charge on any atom is -0.409 e. The molecule has 0 aromatic heterocycles. The van der Waals surface area contributed by atoms with E-state index < -0.39 is 0 Å². The Morgan fingerprint density at radius 2 is 1.67 bits per heavy atom. The molecule has 0 atom stereocenters. The molecule has 0 rings (SSSR count). The minimum absolute atomic E-state index is 0.333. The van der Waals surface area contributed by atoms with E-state index in [1.54, 1.807) is 0 Å². The summed E-state index contributed by atoms with van der Waals surface area (Å²) in [7, 11) is 0. The van der Waals surface area contributed by atoms with Crippen molar-refractivity contribution in [2.75, 3.05) is 13.1 Å². The molecule has 0 spiro atoms. The Labute approximate surface area is 112 Å². The van der Waals surface area contributed by atoms with Crippen LogP contribution in [0.4, 0.5) is 0 Å². The molecule has 18 heavy (non-hydrogen) atoms. The van der Waals surface area contributed by atoms with Crippen LogP contribution in [0.5, 0.6) is 0 Å². The monoisotopic (exact) mass is 257 g/mol. The quantitative estimate of drug-likeness (QED) is 0.165. The Balaban J connectivity index is 3.03. The summed E-state index contributed by atoms with van der Waals surface area (Å²) in [6, 6.07) is 0. The van der Waals surface area contributed by atoms with Gasteiger partial charge in [0.2, 0.25) is 0 Å². The molecule has 4 heteroatoms. The zero-order chi connectivity index (χ0) is 13.6. The summed E-state index contributed by atoms with van der Waals surface area (Å²) in [4.78, 5) is 0. The molecule has 0 amide bonds. The first kappa shape index (κ1) is 17.2. The standard InChI is InChI=1S/C14H31N3O/c1-13(2)9-5-3-4-7-11-16-12-8-6-10-14(15)17-18/h13,16,18H,3-12H2,1-2H3,(H2,15,17). The molecule has 4 N–H and O–H groups in total. The Bertz CT molecular complexity index is 205. The second-order valence-electron chi connectivity index (χ2n) is 5.40. The van der Waals surface area contributed by atoms with Gasteiger partial charge in [0.1, 0.15) is 5.84 Å². The van der Waals surface area contributed by atoms with Crippen molar-refractivity contribution in [3.05, 3.63) is 0 Å². The van der Waals surface area contributed by atoms with Crippen molar-refractivity contribution in [2.24, 2.45) is 16.8 Å². The van der Waals surface area contributed by atoms with Gasteiger partial charge in [-0.05, 0) is 38.3 Å². The van der Waals surface area contributed by atoms with Crippen molar-refractivity contribution in [1.82, 2.24) is 5.32 Å². The van der Waals surface area contributed by atoms with Crippen LogP contribution >= 0.6 is 0 Å². The number of nitrogens with one attached hydrogen (secondary N) is 1. The van der Waals surface area contributed by atoms with Crippen LogP contribution in [0.15, 0.2) is 5.16 Å². The first-order chi connectivity index (χ1) is 8.66. The van der Waals surface area contributed by atoms with Gasteiger partial charge in [-0.3, -0.25) is 0 Å². The van der Waals surface area contributed by atoms with Gasteiger partial charge in [0, 0.05) is 6.42 Å². The summed E-state index contributed by atoms with van der Waals surface area (Å²) in [6.45, 7) is 6.72. The highest BCUT2D eigenvalue weighted by molar-refractivity contribution is 5.79. The molecule has 0 radical (unpaired) electrons. The largest absolute Gasteiger partial charge is 0.409 e. The van der Waals surface area contributed by atoms with Gasteiger partial charge in [0.15, 0.2) is 0 Å². The maximum atomic E-state index is 8.36. The number of hydrogen-bond donors (Lipinski definition) is 3. The average Bonchev–Trinajstić information content (AvgIpc) is 2.35. The van der Waals surface area contributed by atoms with Crippen LogP contribution in [-0.2, 0) is 0 Å². The number of amidine groups is 1. The molecule has 0 saturated carbocycles. The molecule has 0 aliphatic carbocycles. The highest BCUT2D eigenvalue weighted by Crippen LogP contribution is 2.08. The van der Waals surface area contributed by atoms with Crippen LogP contribution in [-0.4, -0.2) is 24.1 Å². The lowest BCUT2D eigenvalue weighted by Gasteiger charge is -2.06. The maximum absolute atomic E-state index is 8.36. The summed E-state index contributed by atoms with van der Waals surface area (Å²) in [5.41, 5.74) is 5.38. The Morgan fingerprint density at radius 3 is 2.28 bits per heavy atom. The van der Waals surface area contributed by atoms with Crippen LogP contribution < -0.4 is 11.1 Å². The average molecular weight is 257 g/mol. The molecule has 0 heterocycles. The number of rotatable bonds is 12. The number of hydrogen-bond acceptors (Lipinski definition) is 3. The number of oxime groups is 1. The van der Waals surface area contributed by atoms with Crippen LogP contribution in [0, 0.1) is 5.92 Å². The van der Waals surface area contributed by atoms with Crippen LogP contribution in [0.2, 0.25) is 0 Å². The molecule has 0 bridgehead atoms. The van der Waals surface area contributed by atoms with E-state index in [4.69, 9.17) is 10.9 Å². The Morgan fingerprint density at radius 1 is 1.06 bits per heavy atom. The molecular weight excluding hydrogens is 226 g/mol. The van der Waals surface area contributed by atoms with E-state index in [-0.39, 0.29) is 0 Å². The van der Waals surface area contributed by atoms with E-state index in [1.165, 1.54) is 32.1 Å². The molecule has 0 unspecified atom stereocenters. The van der Waals surface area contributed by atoms with Gasteiger partial charge in [0.05, 0.1) is 0 Å². The van der Waals surface area contributed by atoms with Gasteiger partial charge in [-0.2, -0.15) is 0 Å². The molecule has 0 aromatic carbocycles. The zero-order valence-corrected chi connectivity index (χ0v) is 12.1. The smallest absolute Gasteiger partial charge is 0.139 e. The molecule has 0 fully saturated rings. The SMILES string of the molecule is CC(C)CCCCCCNCCCCC(N)=NO. The van der Waals surface area contributed by atoms with E-state index in [2.05, 4.69) is 24.3 Å². The highest BCUT2D eigenvalue weighted by Gasteiger charge is 1.95. The van der Waals surface area contributed by atoms with Gasteiger partial charge < -0.3 is 16.3 Å². The summed E-state index contributed by atoms with van der Waals surface area (Å²) in [5, 5.41) is 14.7. The summed E-state index contributed by atoms with van der Waals surface area (Å²) >= 11 is 0. The fourth-order valence-corrected chi connectivity index (χ4v) is 1.89. The van der Waals surface area contributed by atoms with Gasteiger partial charge in [0.25, 0.3) is 0 Å². The first-order valence-corrected chi connectivity index (χ1v) is 7.34. The maximum Gasteiger partial charge on any atom is 0.139 e. The van der Waals surface area contributed by atoms with E-state index in [0.717, 1.165) is 31.8 Å².